The second-order valence-electron chi connectivity index (χ2n) is 4.63. The Kier molecular flexibility index (Phi) is 3.43. The van der Waals surface area contributed by atoms with E-state index in [9.17, 15) is 13.2 Å². The van der Waals surface area contributed by atoms with E-state index in [2.05, 4.69) is 4.98 Å². The highest BCUT2D eigenvalue weighted by Crippen LogP contribution is 2.29. The number of carbonyl (C=O) groups is 1. The highest BCUT2D eigenvalue weighted by molar-refractivity contribution is 7.89. The molecule has 1 aliphatic rings. The number of sulfonamides is 1. The van der Waals surface area contributed by atoms with E-state index in [4.69, 9.17) is 5.14 Å². The molecular weight excluding hydrogens is 274 g/mol. The highest BCUT2D eigenvalue weighted by atomic mass is 32.2. The lowest BCUT2D eigenvalue weighted by Gasteiger charge is -2.12. The minimum atomic E-state index is -3.67. The molecule has 1 unspecified atom stereocenters. The van der Waals surface area contributed by atoms with Gasteiger partial charge in [-0.05, 0) is 5.92 Å². The third-order valence-corrected chi connectivity index (χ3v) is 5.01. The zero-order chi connectivity index (χ0) is 13.5. The van der Waals surface area contributed by atoms with E-state index >= 15 is 0 Å². The van der Waals surface area contributed by atoms with Crippen LogP contribution in [0.1, 0.15) is 31.9 Å². The molecule has 2 rings (SSSR count). The van der Waals surface area contributed by atoms with Gasteiger partial charge in [0.1, 0.15) is 5.25 Å². The van der Waals surface area contributed by atoms with E-state index < -0.39 is 15.3 Å². The van der Waals surface area contributed by atoms with E-state index in [1.165, 1.54) is 16.2 Å². The van der Waals surface area contributed by atoms with Gasteiger partial charge in [0.05, 0.1) is 5.69 Å². The van der Waals surface area contributed by atoms with Gasteiger partial charge in [0.25, 0.3) is 0 Å². The summed E-state index contributed by atoms with van der Waals surface area (Å²) in [6.07, 6.45) is -0.0601. The number of nitrogens with zero attached hydrogens (tertiary/aromatic N) is 2. The molecule has 18 heavy (non-hydrogen) atoms. The molecule has 1 aliphatic heterocycles. The van der Waals surface area contributed by atoms with Gasteiger partial charge in [0.15, 0.2) is 5.13 Å². The van der Waals surface area contributed by atoms with Crippen molar-refractivity contribution >= 4 is 32.4 Å². The van der Waals surface area contributed by atoms with Crippen molar-refractivity contribution in [1.29, 1.82) is 0 Å². The fraction of sp³-hybridized carbons (Fsp3) is 0.600. The highest BCUT2D eigenvalue weighted by Gasteiger charge is 2.38. The number of nitrogens with two attached hydrogens (primary N) is 1. The number of hydrogen-bond donors (Lipinski definition) is 1. The molecule has 8 heteroatoms. The molecule has 2 heterocycles. The van der Waals surface area contributed by atoms with Crippen LogP contribution < -0.4 is 10.0 Å². The van der Waals surface area contributed by atoms with Gasteiger partial charge in [0, 0.05) is 18.3 Å². The van der Waals surface area contributed by atoms with Crippen LogP contribution in [-0.4, -0.2) is 31.1 Å². The molecule has 0 saturated carbocycles. The van der Waals surface area contributed by atoms with Crippen LogP contribution >= 0.6 is 11.3 Å². The summed E-state index contributed by atoms with van der Waals surface area (Å²) in [7, 11) is -3.67. The summed E-state index contributed by atoms with van der Waals surface area (Å²) in [5, 5.41) is 6.69. The van der Waals surface area contributed by atoms with Crippen LogP contribution in [0.25, 0.3) is 0 Å². The monoisotopic (exact) mass is 289 g/mol. The number of aromatic nitrogens is 1. The minimum Gasteiger partial charge on any atom is -0.287 e. The average Bonchev–Trinajstić information content (AvgIpc) is 2.81. The van der Waals surface area contributed by atoms with Crippen molar-refractivity contribution in [2.24, 2.45) is 5.14 Å². The predicted molar refractivity (Wildman–Crippen MR) is 70.1 cm³/mol. The molecule has 0 radical (unpaired) electrons. The third-order valence-electron chi connectivity index (χ3n) is 2.89. The quantitative estimate of drug-likeness (QED) is 0.884. The molecule has 100 valence electrons. The number of amides is 1. The first kappa shape index (κ1) is 13.4. The van der Waals surface area contributed by atoms with Crippen molar-refractivity contribution in [2.75, 3.05) is 11.4 Å². The average molecular weight is 289 g/mol. The van der Waals surface area contributed by atoms with Crippen molar-refractivity contribution < 1.29 is 13.2 Å². The zero-order valence-corrected chi connectivity index (χ0v) is 11.8. The fourth-order valence-electron chi connectivity index (χ4n) is 1.75. The first-order valence-corrected chi connectivity index (χ1v) is 8.05. The van der Waals surface area contributed by atoms with Gasteiger partial charge in [-0.15, -0.1) is 11.3 Å². The first-order valence-electron chi connectivity index (χ1n) is 5.56. The van der Waals surface area contributed by atoms with Gasteiger partial charge in [-0.1, -0.05) is 13.8 Å². The molecule has 0 aromatic carbocycles. The van der Waals surface area contributed by atoms with Crippen LogP contribution in [0.2, 0.25) is 0 Å². The van der Waals surface area contributed by atoms with E-state index in [1.807, 2.05) is 19.2 Å². The Balaban J connectivity index is 2.22. The van der Waals surface area contributed by atoms with Crippen LogP contribution in [0.3, 0.4) is 0 Å². The summed E-state index contributed by atoms with van der Waals surface area (Å²) in [4.78, 5) is 17.5. The normalized spacial score (nSPS) is 21.0. The van der Waals surface area contributed by atoms with E-state index in [0.717, 1.165) is 5.69 Å². The largest absolute Gasteiger partial charge is 0.287 e. The van der Waals surface area contributed by atoms with Crippen molar-refractivity contribution in [3.63, 3.8) is 0 Å². The molecule has 1 aromatic heterocycles. The topological polar surface area (TPSA) is 93.4 Å². The molecule has 0 bridgehead atoms. The van der Waals surface area contributed by atoms with Gasteiger partial charge in [-0.25, -0.2) is 18.5 Å². The number of primary sulfonamides is 1. The Bertz CT molecular complexity index is 565. The first-order chi connectivity index (χ1) is 8.29. The lowest BCUT2D eigenvalue weighted by Crippen LogP contribution is -2.32. The van der Waals surface area contributed by atoms with Gasteiger partial charge < -0.3 is 0 Å². The van der Waals surface area contributed by atoms with Gasteiger partial charge >= 0.3 is 0 Å². The molecule has 1 saturated heterocycles. The van der Waals surface area contributed by atoms with Gasteiger partial charge in [-0.3, -0.25) is 9.69 Å². The number of thiazole rings is 1. The second-order valence-corrected chi connectivity index (χ2v) is 7.31. The van der Waals surface area contributed by atoms with Gasteiger partial charge in [0.2, 0.25) is 15.9 Å². The molecular formula is C10H15N3O3S2. The van der Waals surface area contributed by atoms with Crippen molar-refractivity contribution in [1.82, 2.24) is 4.98 Å². The SMILES string of the molecule is CC(C)c1csc(N2CC(S(N)(=O)=O)CC2=O)n1. The van der Waals surface area contributed by atoms with Crippen molar-refractivity contribution in [3.05, 3.63) is 11.1 Å². The summed E-state index contributed by atoms with van der Waals surface area (Å²) < 4.78 is 22.5. The number of anilines is 1. The smallest absolute Gasteiger partial charge is 0.230 e. The van der Waals surface area contributed by atoms with Crippen molar-refractivity contribution in [2.45, 2.75) is 31.4 Å². The fourth-order valence-corrected chi connectivity index (χ4v) is 3.49. The maximum Gasteiger partial charge on any atom is 0.230 e. The molecule has 1 atom stereocenters. The molecule has 0 spiro atoms. The summed E-state index contributed by atoms with van der Waals surface area (Å²) in [6.45, 7) is 4.12. The molecule has 0 aliphatic carbocycles. The van der Waals surface area contributed by atoms with E-state index in [1.54, 1.807) is 0 Å². The van der Waals surface area contributed by atoms with E-state index in [0.29, 0.717) is 5.13 Å². The number of hydrogen-bond acceptors (Lipinski definition) is 5. The predicted octanol–water partition coefficient (Wildman–Crippen LogP) is 0.660. The summed E-state index contributed by atoms with van der Waals surface area (Å²) >= 11 is 1.35. The maximum atomic E-state index is 11.8. The summed E-state index contributed by atoms with van der Waals surface area (Å²) in [5.41, 5.74) is 0.904. The Hall–Kier alpha value is -0.990. The zero-order valence-electron chi connectivity index (χ0n) is 10.2. The van der Waals surface area contributed by atoms with Crippen LogP contribution in [0.15, 0.2) is 5.38 Å². The molecule has 6 nitrogen and oxygen atoms in total. The van der Waals surface area contributed by atoms with Crippen molar-refractivity contribution in [3.8, 4) is 0 Å². The maximum absolute atomic E-state index is 11.8. The molecule has 1 fully saturated rings. The van der Waals surface area contributed by atoms with E-state index in [-0.39, 0.29) is 24.8 Å². The summed E-state index contributed by atoms with van der Waals surface area (Å²) in [6, 6.07) is 0. The van der Waals surface area contributed by atoms with Crippen LogP contribution in [0.5, 0.6) is 0 Å². The number of carbonyl (C=O) groups excluding carboxylic acids is 1. The van der Waals surface area contributed by atoms with Crippen LogP contribution in [0, 0.1) is 0 Å². The van der Waals surface area contributed by atoms with Crippen LogP contribution in [-0.2, 0) is 14.8 Å². The Labute approximate surface area is 110 Å². The lowest BCUT2D eigenvalue weighted by molar-refractivity contribution is -0.117. The molecule has 2 N–H and O–H groups in total. The van der Waals surface area contributed by atoms with Gasteiger partial charge in [-0.2, -0.15) is 0 Å². The summed E-state index contributed by atoms with van der Waals surface area (Å²) in [5.74, 6) is 0.0421. The molecule has 1 amide bonds. The Morgan fingerprint density at radius 3 is 2.67 bits per heavy atom. The number of rotatable bonds is 3. The Morgan fingerprint density at radius 1 is 1.56 bits per heavy atom. The lowest BCUT2D eigenvalue weighted by atomic mass is 10.2. The second kappa shape index (κ2) is 4.60. The molecule has 1 aromatic rings. The standard InChI is InChI=1S/C10H15N3O3S2/c1-6(2)8-5-17-10(12-8)13-4-7(3-9(13)14)18(11,15)16/h5-7H,3-4H2,1-2H3,(H2,11,15,16). The third kappa shape index (κ3) is 2.55. The minimum absolute atomic E-state index is 0.0601. The Morgan fingerprint density at radius 2 is 2.22 bits per heavy atom. The van der Waals surface area contributed by atoms with Crippen LogP contribution in [0.4, 0.5) is 5.13 Å².